The summed E-state index contributed by atoms with van der Waals surface area (Å²) in [6.07, 6.45) is 4.67. The lowest BCUT2D eigenvalue weighted by molar-refractivity contribution is 0.255. The zero-order chi connectivity index (χ0) is 12.5. The van der Waals surface area contributed by atoms with Gasteiger partial charge in [-0.15, -0.1) is 0 Å². The van der Waals surface area contributed by atoms with Crippen molar-refractivity contribution in [3.63, 3.8) is 0 Å². The number of aliphatic imine (C=N–C) groups is 1. The van der Waals surface area contributed by atoms with E-state index in [1.165, 1.54) is 6.26 Å². The molecule has 4 N–H and O–H groups in total. The molecular formula is C11H18N4O2. The molecule has 2 amide bonds. The molecule has 0 radical (unpaired) electrons. The van der Waals surface area contributed by atoms with Gasteiger partial charge in [-0.05, 0) is 12.5 Å². The number of carbonyl (C=O) groups excluding carboxylic acids is 1. The SMILES string of the molecule is CCCCCN=C(N)NC(=O)Nc1ccco1. The van der Waals surface area contributed by atoms with Crippen molar-refractivity contribution in [1.29, 1.82) is 0 Å². The van der Waals surface area contributed by atoms with Gasteiger partial charge in [-0.3, -0.25) is 15.6 Å². The summed E-state index contributed by atoms with van der Waals surface area (Å²) in [6.45, 7) is 2.74. The molecule has 1 aromatic rings. The fraction of sp³-hybridized carbons (Fsp3) is 0.455. The van der Waals surface area contributed by atoms with E-state index in [9.17, 15) is 4.79 Å². The molecule has 0 atom stereocenters. The van der Waals surface area contributed by atoms with Crippen molar-refractivity contribution in [2.24, 2.45) is 10.7 Å². The van der Waals surface area contributed by atoms with Crippen molar-refractivity contribution >= 4 is 17.9 Å². The number of furan rings is 1. The van der Waals surface area contributed by atoms with E-state index < -0.39 is 6.03 Å². The van der Waals surface area contributed by atoms with E-state index in [4.69, 9.17) is 10.2 Å². The molecule has 1 rings (SSSR count). The van der Waals surface area contributed by atoms with E-state index >= 15 is 0 Å². The van der Waals surface area contributed by atoms with Gasteiger partial charge in [-0.1, -0.05) is 19.8 Å². The summed E-state index contributed by atoms with van der Waals surface area (Å²) in [7, 11) is 0. The third kappa shape index (κ3) is 5.60. The maximum Gasteiger partial charge on any atom is 0.328 e. The molecule has 0 saturated carbocycles. The molecule has 0 spiro atoms. The fourth-order valence-corrected chi connectivity index (χ4v) is 1.21. The van der Waals surface area contributed by atoms with Gasteiger partial charge in [0.1, 0.15) is 0 Å². The number of hydrogen-bond acceptors (Lipinski definition) is 3. The number of unbranched alkanes of at least 4 members (excludes halogenated alkanes) is 2. The third-order valence-corrected chi connectivity index (χ3v) is 2.04. The molecule has 0 aliphatic carbocycles. The maximum atomic E-state index is 11.4. The van der Waals surface area contributed by atoms with E-state index in [0.29, 0.717) is 12.4 Å². The number of amides is 2. The van der Waals surface area contributed by atoms with E-state index in [-0.39, 0.29) is 5.96 Å². The largest absolute Gasteiger partial charge is 0.449 e. The molecule has 0 bridgehead atoms. The highest BCUT2D eigenvalue weighted by Gasteiger charge is 2.04. The average molecular weight is 238 g/mol. The van der Waals surface area contributed by atoms with Gasteiger partial charge in [-0.2, -0.15) is 0 Å². The van der Waals surface area contributed by atoms with Gasteiger partial charge >= 0.3 is 6.03 Å². The van der Waals surface area contributed by atoms with Crippen molar-refractivity contribution in [2.75, 3.05) is 11.9 Å². The highest BCUT2D eigenvalue weighted by Crippen LogP contribution is 2.05. The Kier molecular flexibility index (Phi) is 5.63. The predicted octanol–water partition coefficient (Wildman–Crippen LogP) is 1.91. The van der Waals surface area contributed by atoms with Gasteiger partial charge in [0.2, 0.25) is 5.88 Å². The van der Waals surface area contributed by atoms with Crippen molar-refractivity contribution < 1.29 is 9.21 Å². The minimum atomic E-state index is -0.461. The Balaban J connectivity index is 2.25. The first-order valence-electron chi connectivity index (χ1n) is 5.63. The highest BCUT2D eigenvalue weighted by atomic mass is 16.3. The standard InChI is InChI=1S/C11H18N4O2/c1-2-3-4-7-13-10(12)15-11(16)14-9-6-5-8-17-9/h5-6,8H,2-4,7H2,1H3,(H4,12,13,14,15,16). The number of nitrogens with one attached hydrogen (secondary N) is 2. The quantitative estimate of drug-likeness (QED) is 0.415. The minimum Gasteiger partial charge on any atom is -0.449 e. The van der Waals surface area contributed by atoms with Crippen LogP contribution < -0.4 is 16.4 Å². The molecule has 0 unspecified atom stereocenters. The number of urea groups is 1. The number of anilines is 1. The first-order valence-corrected chi connectivity index (χ1v) is 5.63. The van der Waals surface area contributed by atoms with Gasteiger partial charge in [-0.25, -0.2) is 4.79 Å². The first-order chi connectivity index (χ1) is 8.22. The Morgan fingerprint density at radius 1 is 1.53 bits per heavy atom. The Labute approximate surface area is 100 Å². The van der Waals surface area contributed by atoms with E-state index in [0.717, 1.165) is 19.3 Å². The number of nitrogens with two attached hydrogens (primary N) is 1. The van der Waals surface area contributed by atoms with E-state index in [1.807, 2.05) is 0 Å². The topological polar surface area (TPSA) is 92.6 Å². The molecule has 1 aromatic heterocycles. The lowest BCUT2D eigenvalue weighted by Gasteiger charge is -2.04. The monoisotopic (exact) mass is 238 g/mol. The number of nitrogens with zero attached hydrogens (tertiary/aromatic N) is 1. The number of carbonyl (C=O) groups is 1. The Morgan fingerprint density at radius 2 is 2.35 bits per heavy atom. The van der Waals surface area contributed by atoms with Crippen molar-refractivity contribution in [3.8, 4) is 0 Å². The van der Waals surface area contributed by atoms with Crippen LogP contribution in [0.1, 0.15) is 26.2 Å². The molecule has 0 aliphatic rings. The van der Waals surface area contributed by atoms with Crippen LogP contribution in [0.3, 0.4) is 0 Å². The molecule has 0 saturated heterocycles. The summed E-state index contributed by atoms with van der Waals surface area (Å²) in [5.41, 5.74) is 5.53. The first kappa shape index (κ1) is 13.1. The van der Waals surface area contributed by atoms with Gasteiger partial charge in [0.15, 0.2) is 5.96 Å². The molecular weight excluding hydrogens is 220 g/mol. The van der Waals surface area contributed by atoms with Crippen molar-refractivity contribution in [1.82, 2.24) is 5.32 Å². The maximum absolute atomic E-state index is 11.4. The lowest BCUT2D eigenvalue weighted by atomic mass is 10.2. The lowest BCUT2D eigenvalue weighted by Crippen LogP contribution is -2.39. The minimum absolute atomic E-state index is 0.116. The summed E-state index contributed by atoms with van der Waals surface area (Å²) in [5.74, 6) is 0.478. The van der Waals surface area contributed by atoms with Crippen LogP contribution in [-0.2, 0) is 0 Å². The molecule has 0 aliphatic heterocycles. The highest BCUT2D eigenvalue weighted by molar-refractivity contribution is 6.01. The molecule has 94 valence electrons. The van der Waals surface area contributed by atoms with Gasteiger partial charge in [0.25, 0.3) is 0 Å². The molecule has 1 heterocycles. The number of guanidine groups is 1. The van der Waals surface area contributed by atoms with Crippen LogP contribution >= 0.6 is 0 Å². The zero-order valence-corrected chi connectivity index (χ0v) is 9.90. The molecule has 6 nitrogen and oxygen atoms in total. The summed E-state index contributed by atoms with van der Waals surface area (Å²) in [6, 6.07) is 2.85. The number of hydrogen-bond donors (Lipinski definition) is 3. The van der Waals surface area contributed by atoms with Gasteiger partial charge in [0.05, 0.1) is 6.26 Å². The summed E-state index contributed by atoms with van der Waals surface area (Å²) < 4.78 is 4.95. The van der Waals surface area contributed by atoms with Crippen LogP contribution in [-0.4, -0.2) is 18.5 Å². The van der Waals surface area contributed by atoms with Crippen LogP contribution in [0.15, 0.2) is 27.8 Å². The normalized spacial score (nSPS) is 11.2. The van der Waals surface area contributed by atoms with Crippen LogP contribution in [0.2, 0.25) is 0 Å². The molecule has 6 heteroatoms. The summed E-state index contributed by atoms with van der Waals surface area (Å²) in [4.78, 5) is 15.4. The third-order valence-electron chi connectivity index (χ3n) is 2.04. The van der Waals surface area contributed by atoms with E-state index in [1.54, 1.807) is 12.1 Å². The predicted molar refractivity (Wildman–Crippen MR) is 66.9 cm³/mol. The van der Waals surface area contributed by atoms with Gasteiger partial charge in [0, 0.05) is 12.6 Å². The number of rotatable bonds is 5. The van der Waals surface area contributed by atoms with Crippen molar-refractivity contribution in [2.45, 2.75) is 26.2 Å². The fourth-order valence-electron chi connectivity index (χ4n) is 1.21. The van der Waals surface area contributed by atoms with Crippen LogP contribution in [0.4, 0.5) is 10.7 Å². The van der Waals surface area contributed by atoms with E-state index in [2.05, 4.69) is 22.5 Å². The molecule has 0 aromatic carbocycles. The van der Waals surface area contributed by atoms with Gasteiger partial charge < -0.3 is 10.2 Å². The zero-order valence-electron chi connectivity index (χ0n) is 9.90. The smallest absolute Gasteiger partial charge is 0.328 e. The van der Waals surface area contributed by atoms with Crippen molar-refractivity contribution in [3.05, 3.63) is 18.4 Å². The second-order valence-electron chi connectivity index (χ2n) is 3.53. The van der Waals surface area contributed by atoms with Crippen LogP contribution in [0.5, 0.6) is 0 Å². The second-order valence-corrected chi connectivity index (χ2v) is 3.53. The Morgan fingerprint density at radius 3 is 3.00 bits per heavy atom. The Hall–Kier alpha value is -1.98. The van der Waals surface area contributed by atoms with Crippen LogP contribution in [0.25, 0.3) is 0 Å². The average Bonchev–Trinajstić information content (AvgIpc) is 2.77. The Bertz CT molecular complexity index is 360. The summed E-state index contributed by atoms with van der Waals surface area (Å²) >= 11 is 0. The molecule has 0 fully saturated rings. The molecule has 17 heavy (non-hydrogen) atoms. The second kappa shape index (κ2) is 7.32. The summed E-state index contributed by atoms with van der Waals surface area (Å²) in [5, 5.41) is 4.89. The van der Waals surface area contributed by atoms with Crippen LogP contribution in [0, 0.1) is 0 Å².